The minimum Gasteiger partial charge on any atom is -0.303 e. The molecule has 1 atom stereocenters. The molecule has 2 rings (SSSR count). The first-order valence-corrected chi connectivity index (χ1v) is 4.82. The Morgan fingerprint density at radius 2 is 2.31 bits per heavy atom. The van der Waals surface area contributed by atoms with Crippen LogP contribution in [0, 0.1) is 12.8 Å². The molecule has 0 amide bonds. The van der Waals surface area contributed by atoms with Gasteiger partial charge in [-0.3, -0.25) is 0 Å². The summed E-state index contributed by atoms with van der Waals surface area (Å²) in [6.45, 7) is 2.15. The lowest BCUT2D eigenvalue weighted by Gasteiger charge is -2.02. The summed E-state index contributed by atoms with van der Waals surface area (Å²) in [5.41, 5.74) is 4.31. The van der Waals surface area contributed by atoms with Crippen LogP contribution in [0.1, 0.15) is 23.1 Å². The van der Waals surface area contributed by atoms with E-state index in [1.165, 1.54) is 16.7 Å². The molecule has 0 N–H and O–H groups in total. The summed E-state index contributed by atoms with van der Waals surface area (Å²) in [6.07, 6.45) is 3.95. The van der Waals surface area contributed by atoms with Crippen LogP contribution in [0.25, 0.3) is 0 Å². The molecule has 13 heavy (non-hydrogen) atoms. The Morgan fingerprint density at radius 3 is 3.00 bits per heavy atom. The van der Waals surface area contributed by atoms with Crippen LogP contribution in [-0.2, 0) is 17.6 Å². The van der Waals surface area contributed by atoms with Crippen molar-refractivity contribution in [1.82, 2.24) is 0 Å². The fourth-order valence-corrected chi connectivity index (χ4v) is 2.22. The number of hydrogen-bond acceptors (Lipinski definition) is 1. The number of carbonyl (C=O) groups is 1. The largest absolute Gasteiger partial charge is 0.303 e. The van der Waals surface area contributed by atoms with Gasteiger partial charge < -0.3 is 4.79 Å². The van der Waals surface area contributed by atoms with Gasteiger partial charge in [0.15, 0.2) is 0 Å². The first kappa shape index (κ1) is 8.49. The van der Waals surface area contributed by atoms with Crippen molar-refractivity contribution in [3.8, 4) is 0 Å². The number of benzene rings is 1. The molecular weight excluding hydrogens is 160 g/mol. The summed E-state index contributed by atoms with van der Waals surface area (Å²) in [6, 6.07) is 6.45. The second-order valence-corrected chi connectivity index (χ2v) is 3.89. The van der Waals surface area contributed by atoms with Gasteiger partial charge in [0, 0.05) is 6.42 Å². The highest BCUT2D eigenvalue weighted by Crippen LogP contribution is 2.30. The molecule has 1 aromatic rings. The first-order chi connectivity index (χ1) is 6.31. The van der Waals surface area contributed by atoms with Gasteiger partial charge in [0.05, 0.1) is 0 Å². The van der Waals surface area contributed by atoms with Gasteiger partial charge in [-0.05, 0) is 42.4 Å². The Hall–Kier alpha value is -1.11. The molecular formula is C12H14O. The monoisotopic (exact) mass is 174 g/mol. The number of aryl methyl sites for hydroxylation is 1. The van der Waals surface area contributed by atoms with Crippen molar-refractivity contribution in [2.24, 2.45) is 5.92 Å². The van der Waals surface area contributed by atoms with Crippen LogP contribution in [0.4, 0.5) is 0 Å². The maximum Gasteiger partial charge on any atom is 0.120 e. The number of hydrogen-bond donors (Lipinski definition) is 0. The van der Waals surface area contributed by atoms with Gasteiger partial charge in [0.2, 0.25) is 0 Å². The van der Waals surface area contributed by atoms with Crippen molar-refractivity contribution in [1.29, 1.82) is 0 Å². The molecule has 1 unspecified atom stereocenters. The molecule has 68 valence electrons. The zero-order valence-corrected chi connectivity index (χ0v) is 7.92. The van der Waals surface area contributed by atoms with Gasteiger partial charge >= 0.3 is 0 Å². The van der Waals surface area contributed by atoms with Gasteiger partial charge in [-0.25, -0.2) is 0 Å². The molecule has 1 aliphatic rings. The first-order valence-electron chi connectivity index (χ1n) is 4.82. The van der Waals surface area contributed by atoms with E-state index in [0.717, 1.165) is 19.1 Å². The molecule has 0 aromatic heterocycles. The predicted octanol–water partition coefficient (Wildman–Crippen LogP) is 2.30. The SMILES string of the molecule is Cc1cccc2c1CC(CC=O)C2. The van der Waals surface area contributed by atoms with Crippen molar-refractivity contribution >= 4 is 6.29 Å². The fourth-order valence-electron chi connectivity index (χ4n) is 2.22. The van der Waals surface area contributed by atoms with Crippen LogP contribution in [0.15, 0.2) is 18.2 Å². The summed E-state index contributed by atoms with van der Waals surface area (Å²) >= 11 is 0. The van der Waals surface area contributed by atoms with Gasteiger partial charge in [0.1, 0.15) is 6.29 Å². The Balaban J connectivity index is 2.24. The second-order valence-electron chi connectivity index (χ2n) is 3.89. The van der Waals surface area contributed by atoms with E-state index in [4.69, 9.17) is 0 Å². The Morgan fingerprint density at radius 1 is 1.46 bits per heavy atom. The zero-order chi connectivity index (χ0) is 9.26. The maximum absolute atomic E-state index is 10.4. The molecule has 0 aliphatic heterocycles. The normalized spacial score (nSPS) is 19.9. The van der Waals surface area contributed by atoms with Crippen LogP contribution in [0.5, 0.6) is 0 Å². The number of aldehydes is 1. The van der Waals surface area contributed by atoms with Crippen molar-refractivity contribution in [3.05, 3.63) is 34.9 Å². The molecule has 0 saturated carbocycles. The van der Waals surface area contributed by atoms with E-state index in [-0.39, 0.29) is 0 Å². The van der Waals surface area contributed by atoms with Crippen LogP contribution in [0.2, 0.25) is 0 Å². The minimum absolute atomic E-state index is 0.564. The summed E-state index contributed by atoms with van der Waals surface area (Å²) in [5, 5.41) is 0. The highest BCUT2D eigenvalue weighted by molar-refractivity contribution is 5.51. The summed E-state index contributed by atoms with van der Waals surface area (Å²) in [7, 11) is 0. The van der Waals surface area contributed by atoms with E-state index in [1.54, 1.807) is 0 Å². The van der Waals surface area contributed by atoms with E-state index in [2.05, 4.69) is 25.1 Å². The summed E-state index contributed by atoms with van der Waals surface area (Å²) in [4.78, 5) is 10.4. The van der Waals surface area contributed by atoms with Crippen molar-refractivity contribution < 1.29 is 4.79 Å². The molecule has 1 nitrogen and oxygen atoms in total. The number of fused-ring (bicyclic) bond motifs is 1. The fraction of sp³-hybridized carbons (Fsp3) is 0.417. The van der Waals surface area contributed by atoms with E-state index < -0.39 is 0 Å². The van der Waals surface area contributed by atoms with Crippen LogP contribution >= 0.6 is 0 Å². The topological polar surface area (TPSA) is 17.1 Å². The zero-order valence-electron chi connectivity index (χ0n) is 7.92. The molecule has 0 spiro atoms. The van der Waals surface area contributed by atoms with Crippen molar-refractivity contribution in [2.45, 2.75) is 26.2 Å². The third kappa shape index (κ3) is 1.51. The van der Waals surface area contributed by atoms with Gasteiger partial charge in [0.25, 0.3) is 0 Å². The van der Waals surface area contributed by atoms with E-state index in [0.29, 0.717) is 12.3 Å². The van der Waals surface area contributed by atoms with E-state index >= 15 is 0 Å². The number of rotatable bonds is 2. The highest BCUT2D eigenvalue weighted by Gasteiger charge is 2.21. The van der Waals surface area contributed by atoms with Gasteiger partial charge in [-0.15, -0.1) is 0 Å². The van der Waals surface area contributed by atoms with E-state index in [9.17, 15) is 4.79 Å². The Bertz CT molecular complexity index is 328. The molecule has 0 fully saturated rings. The minimum atomic E-state index is 0.564. The molecule has 1 aromatic carbocycles. The average Bonchev–Trinajstić information content (AvgIpc) is 2.49. The van der Waals surface area contributed by atoms with E-state index in [1.807, 2.05) is 0 Å². The molecule has 1 aliphatic carbocycles. The third-order valence-electron chi connectivity index (χ3n) is 2.94. The lowest BCUT2D eigenvalue weighted by atomic mass is 10.0. The Kier molecular flexibility index (Phi) is 2.17. The van der Waals surface area contributed by atoms with Crippen molar-refractivity contribution in [2.75, 3.05) is 0 Å². The van der Waals surface area contributed by atoms with Crippen molar-refractivity contribution in [3.63, 3.8) is 0 Å². The maximum atomic E-state index is 10.4. The van der Waals surface area contributed by atoms with Crippen LogP contribution in [0.3, 0.4) is 0 Å². The molecule has 0 heterocycles. The summed E-state index contributed by atoms with van der Waals surface area (Å²) in [5.74, 6) is 0.564. The predicted molar refractivity (Wildman–Crippen MR) is 52.8 cm³/mol. The van der Waals surface area contributed by atoms with Gasteiger partial charge in [-0.2, -0.15) is 0 Å². The molecule has 1 heteroatoms. The summed E-state index contributed by atoms with van der Waals surface area (Å²) < 4.78 is 0. The highest BCUT2D eigenvalue weighted by atomic mass is 16.1. The standard InChI is InChI=1S/C12H14O/c1-9-3-2-4-11-7-10(5-6-13)8-12(9)11/h2-4,6,10H,5,7-8H2,1H3. The Labute approximate surface area is 78.8 Å². The second kappa shape index (κ2) is 3.33. The van der Waals surface area contributed by atoms with Gasteiger partial charge in [-0.1, -0.05) is 18.2 Å². The lowest BCUT2D eigenvalue weighted by Crippen LogP contribution is -1.99. The molecule has 0 saturated heterocycles. The molecule has 0 radical (unpaired) electrons. The smallest absolute Gasteiger partial charge is 0.120 e. The quantitative estimate of drug-likeness (QED) is 0.629. The van der Waals surface area contributed by atoms with Crippen LogP contribution in [-0.4, -0.2) is 6.29 Å². The third-order valence-corrected chi connectivity index (χ3v) is 2.94. The number of carbonyl (C=O) groups excluding carboxylic acids is 1. The average molecular weight is 174 g/mol. The molecule has 0 bridgehead atoms. The van der Waals surface area contributed by atoms with Crippen LogP contribution < -0.4 is 0 Å². The lowest BCUT2D eigenvalue weighted by molar-refractivity contribution is -0.108.